The Kier molecular flexibility index (Phi) is 3.85. The number of hydrogen-bond acceptors (Lipinski definition) is 6. The molecule has 0 spiro atoms. The van der Waals surface area contributed by atoms with Gasteiger partial charge in [0.1, 0.15) is 10.7 Å². The Morgan fingerprint density at radius 1 is 1.29 bits per heavy atom. The van der Waals surface area contributed by atoms with Gasteiger partial charge in [0.05, 0.1) is 16.8 Å². The zero-order valence-corrected chi connectivity index (χ0v) is 12.1. The Bertz CT molecular complexity index is 754. The Morgan fingerprint density at radius 3 is 2.90 bits per heavy atom. The molecule has 0 bridgehead atoms. The van der Waals surface area contributed by atoms with E-state index in [1.165, 1.54) is 17.5 Å². The van der Waals surface area contributed by atoms with Crippen LogP contribution in [0.3, 0.4) is 0 Å². The van der Waals surface area contributed by atoms with Crippen molar-refractivity contribution in [2.24, 2.45) is 0 Å². The third-order valence-corrected chi connectivity index (χ3v) is 3.76. The van der Waals surface area contributed by atoms with Crippen LogP contribution in [0, 0.1) is 0 Å². The average Bonchev–Trinajstić information content (AvgIpc) is 2.96. The maximum absolute atomic E-state index is 12.1. The highest BCUT2D eigenvalue weighted by atomic mass is 32.1. The smallest absolute Gasteiger partial charge is 0.274 e. The second-order valence-electron chi connectivity index (χ2n) is 4.10. The molecule has 0 unspecified atom stereocenters. The number of hydrogen-bond donors (Lipinski definition) is 1. The van der Waals surface area contributed by atoms with Crippen molar-refractivity contribution in [2.75, 3.05) is 6.61 Å². The van der Waals surface area contributed by atoms with Crippen molar-refractivity contribution in [1.82, 2.24) is 20.4 Å². The van der Waals surface area contributed by atoms with E-state index in [0.29, 0.717) is 17.3 Å². The van der Waals surface area contributed by atoms with Gasteiger partial charge in [-0.15, -0.1) is 11.3 Å². The molecule has 106 valence electrons. The van der Waals surface area contributed by atoms with Crippen molar-refractivity contribution in [2.45, 2.75) is 6.92 Å². The van der Waals surface area contributed by atoms with E-state index in [0.717, 1.165) is 10.2 Å². The summed E-state index contributed by atoms with van der Waals surface area (Å²) >= 11 is 1.47. The maximum Gasteiger partial charge on any atom is 0.295 e. The molecule has 3 rings (SSSR count). The van der Waals surface area contributed by atoms with Gasteiger partial charge in [0.15, 0.2) is 5.69 Å². The molecule has 0 aliphatic heterocycles. The lowest BCUT2D eigenvalue weighted by molar-refractivity contribution is 0.0360. The summed E-state index contributed by atoms with van der Waals surface area (Å²) in [5.74, 6) is -0.431. The summed E-state index contributed by atoms with van der Waals surface area (Å²) in [4.78, 5) is 29.8. The normalized spacial score (nSPS) is 10.7. The third kappa shape index (κ3) is 2.74. The van der Waals surface area contributed by atoms with Gasteiger partial charge in [0.25, 0.3) is 5.91 Å². The van der Waals surface area contributed by atoms with Crippen LogP contribution in [0.5, 0.6) is 0 Å². The number of benzene rings is 1. The van der Waals surface area contributed by atoms with Gasteiger partial charge in [-0.1, -0.05) is 12.1 Å². The van der Waals surface area contributed by atoms with Gasteiger partial charge >= 0.3 is 0 Å². The van der Waals surface area contributed by atoms with Gasteiger partial charge < -0.3 is 0 Å². The van der Waals surface area contributed by atoms with Gasteiger partial charge in [0, 0.05) is 12.4 Å². The summed E-state index contributed by atoms with van der Waals surface area (Å²) in [6.45, 7) is 2.16. The molecule has 1 amide bonds. The van der Waals surface area contributed by atoms with Crippen LogP contribution in [0.25, 0.3) is 20.9 Å². The van der Waals surface area contributed by atoms with E-state index in [-0.39, 0.29) is 5.69 Å². The monoisotopic (exact) mass is 300 g/mol. The number of carbonyl (C=O) groups excluding carboxylic acids is 1. The minimum absolute atomic E-state index is 0.199. The summed E-state index contributed by atoms with van der Waals surface area (Å²) < 4.78 is 1.04. The van der Waals surface area contributed by atoms with Crippen molar-refractivity contribution < 1.29 is 9.63 Å². The molecule has 2 aromatic heterocycles. The van der Waals surface area contributed by atoms with Crippen molar-refractivity contribution in [3.05, 3.63) is 42.4 Å². The third-order valence-electron chi connectivity index (χ3n) is 2.72. The number of aromatic nitrogens is 3. The molecule has 6 nitrogen and oxygen atoms in total. The van der Waals surface area contributed by atoms with E-state index in [4.69, 9.17) is 4.84 Å². The van der Waals surface area contributed by atoms with Crippen LogP contribution in [-0.4, -0.2) is 27.5 Å². The SMILES string of the molecule is CCONC(=O)c1nccnc1-c1nc2ccccc2s1. The molecule has 0 fully saturated rings. The maximum atomic E-state index is 12.1. The highest BCUT2D eigenvalue weighted by molar-refractivity contribution is 7.21. The predicted molar refractivity (Wildman–Crippen MR) is 79.7 cm³/mol. The number of carbonyl (C=O) groups is 1. The van der Waals surface area contributed by atoms with Crippen molar-refractivity contribution in [1.29, 1.82) is 0 Å². The van der Waals surface area contributed by atoms with Crippen LogP contribution in [0.1, 0.15) is 17.4 Å². The Labute approximate surface area is 124 Å². The van der Waals surface area contributed by atoms with E-state index in [2.05, 4.69) is 20.4 Å². The number of amides is 1. The zero-order valence-electron chi connectivity index (χ0n) is 11.2. The summed E-state index contributed by atoms with van der Waals surface area (Å²) in [6, 6.07) is 7.77. The molecule has 0 saturated heterocycles. The van der Waals surface area contributed by atoms with Gasteiger partial charge in [-0.05, 0) is 19.1 Å². The second-order valence-corrected chi connectivity index (χ2v) is 5.14. The Balaban J connectivity index is 2.03. The molecular formula is C14H12N4O2S. The highest BCUT2D eigenvalue weighted by Crippen LogP contribution is 2.29. The largest absolute Gasteiger partial charge is 0.295 e. The quantitative estimate of drug-likeness (QED) is 0.749. The summed E-state index contributed by atoms with van der Waals surface area (Å²) in [5.41, 5.74) is 3.86. The number of rotatable bonds is 4. The molecule has 0 aliphatic carbocycles. The fourth-order valence-electron chi connectivity index (χ4n) is 1.82. The first-order chi connectivity index (χ1) is 10.3. The molecule has 0 radical (unpaired) electrons. The number of nitrogens with one attached hydrogen (secondary N) is 1. The summed E-state index contributed by atoms with van der Waals surface area (Å²) in [6.07, 6.45) is 3.01. The molecule has 0 atom stereocenters. The minimum atomic E-state index is -0.431. The lowest BCUT2D eigenvalue weighted by Crippen LogP contribution is -2.25. The lowest BCUT2D eigenvalue weighted by atomic mass is 10.3. The first kappa shape index (κ1) is 13.6. The first-order valence-electron chi connectivity index (χ1n) is 6.38. The highest BCUT2D eigenvalue weighted by Gasteiger charge is 2.18. The van der Waals surface area contributed by atoms with Gasteiger partial charge in [0.2, 0.25) is 0 Å². The van der Waals surface area contributed by atoms with Crippen molar-refractivity contribution in [3.63, 3.8) is 0 Å². The molecule has 7 heteroatoms. The zero-order chi connectivity index (χ0) is 14.7. The van der Waals surface area contributed by atoms with E-state index < -0.39 is 5.91 Å². The van der Waals surface area contributed by atoms with Gasteiger partial charge in [-0.2, -0.15) is 0 Å². The predicted octanol–water partition coefficient (Wildman–Crippen LogP) is 2.43. The minimum Gasteiger partial charge on any atom is -0.274 e. The summed E-state index contributed by atoms with van der Waals surface area (Å²) in [7, 11) is 0. The van der Waals surface area contributed by atoms with E-state index in [1.54, 1.807) is 13.1 Å². The lowest BCUT2D eigenvalue weighted by Gasteiger charge is -2.05. The second kappa shape index (κ2) is 5.94. The fraction of sp³-hybridized carbons (Fsp3) is 0.143. The Hall–Kier alpha value is -2.38. The summed E-state index contributed by atoms with van der Waals surface area (Å²) in [5, 5.41) is 0.658. The Morgan fingerprint density at radius 2 is 2.10 bits per heavy atom. The van der Waals surface area contributed by atoms with Gasteiger partial charge in [-0.25, -0.2) is 20.4 Å². The standard InChI is InChI=1S/C14H12N4O2S/c1-2-20-18-13(19)11-12(16-8-7-15-11)14-17-9-5-3-4-6-10(9)21-14/h3-8H,2H2,1H3,(H,18,19). The topological polar surface area (TPSA) is 77.0 Å². The van der Waals surface area contributed by atoms with Crippen LogP contribution in [0.15, 0.2) is 36.7 Å². The van der Waals surface area contributed by atoms with Crippen LogP contribution in [0.4, 0.5) is 0 Å². The average molecular weight is 300 g/mol. The number of thiazole rings is 1. The molecule has 1 N–H and O–H groups in total. The van der Waals surface area contributed by atoms with Crippen LogP contribution in [0.2, 0.25) is 0 Å². The number of fused-ring (bicyclic) bond motifs is 1. The van der Waals surface area contributed by atoms with Crippen LogP contribution >= 0.6 is 11.3 Å². The van der Waals surface area contributed by atoms with Crippen LogP contribution < -0.4 is 5.48 Å². The van der Waals surface area contributed by atoms with E-state index in [1.807, 2.05) is 24.3 Å². The molecule has 1 aromatic carbocycles. The van der Waals surface area contributed by atoms with Crippen molar-refractivity contribution >= 4 is 27.5 Å². The molecule has 3 aromatic rings. The number of hydroxylamine groups is 1. The number of para-hydroxylation sites is 1. The first-order valence-corrected chi connectivity index (χ1v) is 7.20. The molecule has 0 saturated carbocycles. The van der Waals surface area contributed by atoms with Crippen molar-refractivity contribution in [3.8, 4) is 10.7 Å². The number of nitrogens with zero attached hydrogens (tertiary/aromatic N) is 3. The molecule has 2 heterocycles. The van der Waals surface area contributed by atoms with E-state index >= 15 is 0 Å². The molecular weight excluding hydrogens is 288 g/mol. The molecule has 0 aliphatic rings. The van der Waals surface area contributed by atoms with Crippen LogP contribution in [-0.2, 0) is 4.84 Å². The molecule has 21 heavy (non-hydrogen) atoms. The van der Waals surface area contributed by atoms with E-state index in [9.17, 15) is 4.79 Å². The fourth-order valence-corrected chi connectivity index (χ4v) is 2.78. The van der Waals surface area contributed by atoms with Gasteiger partial charge in [-0.3, -0.25) is 9.63 Å².